The molecule has 0 aromatic rings. The topological polar surface area (TPSA) is 15.3 Å². The Labute approximate surface area is 106 Å². The molecule has 2 heteroatoms. The Morgan fingerprint density at radius 1 is 1.00 bits per heavy atom. The molecule has 0 aromatic carbocycles. The van der Waals surface area contributed by atoms with Gasteiger partial charge in [0.1, 0.15) is 0 Å². The molecule has 0 bridgehead atoms. The molecule has 2 saturated carbocycles. The molecule has 0 atom stereocenters. The smallest absolute Gasteiger partial charge is 0.0334 e. The highest BCUT2D eigenvalue weighted by Crippen LogP contribution is 2.36. The van der Waals surface area contributed by atoms with Gasteiger partial charge in [0.05, 0.1) is 0 Å². The summed E-state index contributed by atoms with van der Waals surface area (Å²) in [6, 6.07) is 0. The first kappa shape index (κ1) is 12.0. The van der Waals surface area contributed by atoms with Crippen LogP contribution in [0.25, 0.3) is 0 Å². The van der Waals surface area contributed by atoms with E-state index in [0.717, 1.165) is 5.92 Å². The molecule has 2 aliphatic carbocycles. The highest BCUT2D eigenvalue weighted by atomic mass is 15.3. The second kappa shape index (κ2) is 5.27. The van der Waals surface area contributed by atoms with E-state index >= 15 is 0 Å². The minimum atomic E-state index is 0.555. The molecule has 3 fully saturated rings. The summed E-state index contributed by atoms with van der Waals surface area (Å²) in [4.78, 5) is 2.89. The van der Waals surface area contributed by atoms with E-state index in [0.29, 0.717) is 5.54 Å². The predicted octanol–water partition coefficient (Wildman–Crippen LogP) is 2.78. The SMILES string of the molecule is C1CCC2(CC1)CNCCN2CC1CCCC1. The Balaban J connectivity index is 1.65. The minimum absolute atomic E-state index is 0.555. The van der Waals surface area contributed by atoms with Crippen LogP contribution < -0.4 is 5.32 Å². The fourth-order valence-corrected chi connectivity index (χ4v) is 4.38. The van der Waals surface area contributed by atoms with Crippen molar-refractivity contribution in [3.63, 3.8) is 0 Å². The van der Waals surface area contributed by atoms with E-state index in [2.05, 4.69) is 10.2 Å². The minimum Gasteiger partial charge on any atom is -0.314 e. The molecule has 98 valence electrons. The van der Waals surface area contributed by atoms with Crippen molar-refractivity contribution in [2.45, 2.75) is 63.3 Å². The van der Waals surface area contributed by atoms with Gasteiger partial charge in [-0.3, -0.25) is 4.90 Å². The fourth-order valence-electron chi connectivity index (χ4n) is 4.38. The van der Waals surface area contributed by atoms with Crippen LogP contribution in [0.1, 0.15) is 57.8 Å². The summed E-state index contributed by atoms with van der Waals surface area (Å²) < 4.78 is 0. The maximum absolute atomic E-state index is 3.66. The Hall–Kier alpha value is -0.0800. The van der Waals surface area contributed by atoms with Crippen molar-refractivity contribution in [3.8, 4) is 0 Å². The summed E-state index contributed by atoms with van der Waals surface area (Å²) in [6.07, 6.45) is 13.3. The Morgan fingerprint density at radius 3 is 2.53 bits per heavy atom. The molecule has 1 heterocycles. The summed E-state index contributed by atoms with van der Waals surface area (Å²) >= 11 is 0. The maximum atomic E-state index is 3.66. The summed E-state index contributed by atoms with van der Waals surface area (Å²) in [5.41, 5.74) is 0.555. The van der Waals surface area contributed by atoms with Gasteiger partial charge in [-0.2, -0.15) is 0 Å². The van der Waals surface area contributed by atoms with Gasteiger partial charge in [-0.05, 0) is 31.6 Å². The predicted molar refractivity (Wildman–Crippen MR) is 72.2 cm³/mol. The molecule has 0 amide bonds. The average molecular weight is 236 g/mol. The second-order valence-corrected chi connectivity index (χ2v) is 6.56. The lowest BCUT2D eigenvalue weighted by atomic mass is 9.78. The Bertz CT molecular complexity index is 231. The molecule has 17 heavy (non-hydrogen) atoms. The molecule has 2 nitrogen and oxygen atoms in total. The van der Waals surface area contributed by atoms with E-state index < -0.39 is 0 Å². The van der Waals surface area contributed by atoms with E-state index in [9.17, 15) is 0 Å². The lowest BCUT2D eigenvalue weighted by Crippen LogP contribution is -2.62. The Kier molecular flexibility index (Phi) is 3.72. The molecule has 1 spiro atoms. The lowest BCUT2D eigenvalue weighted by molar-refractivity contribution is 0.0160. The molecule has 1 saturated heterocycles. The van der Waals surface area contributed by atoms with Gasteiger partial charge in [-0.15, -0.1) is 0 Å². The van der Waals surface area contributed by atoms with Crippen LogP contribution in [0.4, 0.5) is 0 Å². The van der Waals surface area contributed by atoms with Gasteiger partial charge in [-0.1, -0.05) is 32.1 Å². The van der Waals surface area contributed by atoms with Gasteiger partial charge in [0.15, 0.2) is 0 Å². The van der Waals surface area contributed by atoms with Gasteiger partial charge in [0.25, 0.3) is 0 Å². The number of hydrogen-bond donors (Lipinski definition) is 1. The number of nitrogens with one attached hydrogen (secondary N) is 1. The first-order chi connectivity index (χ1) is 8.39. The van der Waals surface area contributed by atoms with E-state index in [1.807, 2.05) is 0 Å². The third-order valence-corrected chi connectivity index (χ3v) is 5.42. The fraction of sp³-hybridized carbons (Fsp3) is 1.00. The van der Waals surface area contributed by atoms with Crippen LogP contribution in [0.5, 0.6) is 0 Å². The molecular weight excluding hydrogens is 208 g/mol. The zero-order valence-corrected chi connectivity index (χ0v) is 11.2. The highest BCUT2D eigenvalue weighted by Gasteiger charge is 2.40. The zero-order valence-electron chi connectivity index (χ0n) is 11.2. The summed E-state index contributed by atoms with van der Waals surface area (Å²) in [5.74, 6) is 1.02. The third-order valence-electron chi connectivity index (χ3n) is 5.42. The van der Waals surface area contributed by atoms with Crippen LogP contribution in [-0.4, -0.2) is 36.6 Å². The lowest BCUT2D eigenvalue weighted by Gasteiger charge is -2.50. The second-order valence-electron chi connectivity index (χ2n) is 6.56. The van der Waals surface area contributed by atoms with E-state index in [4.69, 9.17) is 0 Å². The number of nitrogens with zero attached hydrogens (tertiary/aromatic N) is 1. The summed E-state index contributed by atoms with van der Waals surface area (Å²) in [6.45, 7) is 5.19. The molecule has 1 aliphatic heterocycles. The van der Waals surface area contributed by atoms with Crippen molar-refractivity contribution < 1.29 is 0 Å². The van der Waals surface area contributed by atoms with Crippen LogP contribution in [0, 0.1) is 5.92 Å². The van der Waals surface area contributed by atoms with Gasteiger partial charge in [0.2, 0.25) is 0 Å². The van der Waals surface area contributed by atoms with Crippen LogP contribution in [0.3, 0.4) is 0 Å². The monoisotopic (exact) mass is 236 g/mol. The van der Waals surface area contributed by atoms with Gasteiger partial charge in [0, 0.05) is 31.7 Å². The molecular formula is C15H28N2. The number of piperazine rings is 1. The quantitative estimate of drug-likeness (QED) is 0.793. The van der Waals surface area contributed by atoms with E-state index in [1.54, 1.807) is 0 Å². The standard InChI is InChI=1S/C15H28N2/c1-4-8-15(9-5-1)13-16-10-11-17(15)12-14-6-2-3-7-14/h14,16H,1-13H2. The molecule has 0 unspecified atom stereocenters. The van der Waals surface area contributed by atoms with Crippen molar-refractivity contribution in [2.24, 2.45) is 5.92 Å². The van der Waals surface area contributed by atoms with Crippen molar-refractivity contribution in [3.05, 3.63) is 0 Å². The Morgan fingerprint density at radius 2 is 1.76 bits per heavy atom. The van der Waals surface area contributed by atoms with Crippen molar-refractivity contribution in [1.29, 1.82) is 0 Å². The average Bonchev–Trinajstić information content (AvgIpc) is 2.86. The molecule has 3 rings (SSSR count). The highest BCUT2D eigenvalue weighted by molar-refractivity contribution is 4.98. The molecule has 1 N–H and O–H groups in total. The maximum Gasteiger partial charge on any atom is 0.0334 e. The van der Waals surface area contributed by atoms with Crippen molar-refractivity contribution in [2.75, 3.05) is 26.2 Å². The van der Waals surface area contributed by atoms with Gasteiger partial charge >= 0.3 is 0 Å². The largest absolute Gasteiger partial charge is 0.314 e. The third kappa shape index (κ3) is 2.53. The van der Waals surface area contributed by atoms with Crippen molar-refractivity contribution >= 4 is 0 Å². The van der Waals surface area contributed by atoms with E-state index in [-0.39, 0.29) is 0 Å². The zero-order chi connectivity index (χ0) is 11.6. The van der Waals surface area contributed by atoms with Crippen molar-refractivity contribution in [1.82, 2.24) is 10.2 Å². The number of rotatable bonds is 2. The summed E-state index contributed by atoms with van der Waals surface area (Å²) in [7, 11) is 0. The molecule has 3 aliphatic rings. The first-order valence-electron chi connectivity index (χ1n) is 7.85. The van der Waals surface area contributed by atoms with Crippen LogP contribution >= 0.6 is 0 Å². The van der Waals surface area contributed by atoms with Crippen LogP contribution in [0.2, 0.25) is 0 Å². The number of hydrogen-bond acceptors (Lipinski definition) is 2. The van der Waals surface area contributed by atoms with Gasteiger partial charge in [-0.25, -0.2) is 0 Å². The van der Waals surface area contributed by atoms with E-state index in [1.165, 1.54) is 84.0 Å². The van der Waals surface area contributed by atoms with Crippen LogP contribution in [0.15, 0.2) is 0 Å². The molecule has 0 radical (unpaired) electrons. The molecule has 0 aromatic heterocycles. The summed E-state index contributed by atoms with van der Waals surface area (Å²) in [5, 5.41) is 3.66. The first-order valence-corrected chi connectivity index (χ1v) is 7.85. The van der Waals surface area contributed by atoms with Crippen LogP contribution in [-0.2, 0) is 0 Å². The normalized spacial score (nSPS) is 31.1. The van der Waals surface area contributed by atoms with Gasteiger partial charge < -0.3 is 5.32 Å².